The van der Waals surface area contributed by atoms with E-state index >= 15 is 0 Å². The van der Waals surface area contributed by atoms with Crippen LogP contribution in [0, 0.1) is 12.8 Å². The number of carbonyl (C=O) groups is 1. The molecule has 1 aliphatic rings. The number of carbonyl (C=O) groups excluding carboxylic acids is 1. The van der Waals surface area contributed by atoms with Crippen LogP contribution in [0.2, 0.25) is 0 Å². The SMILES string of the molecule is Cc1nnc(CN(C)CC(=O)NC2CCCCC2CN)n1C.Cl.Cl. The van der Waals surface area contributed by atoms with Crippen LogP contribution in [-0.4, -0.2) is 51.8 Å². The second-order valence-electron chi connectivity index (χ2n) is 6.35. The Kier molecular flexibility index (Phi) is 10.5. The standard InChI is InChI=1S/C15H28N6O.2ClH/c1-11-18-19-14(21(11)3)9-20(2)10-15(22)17-13-7-5-4-6-12(13)8-16;;/h12-13H,4-10,16H2,1-3H3,(H,17,22);2*1H. The van der Waals surface area contributed by atoms with Gasteiger partial charge in [0, 0.05) is 13.1 Å². The molecule has 1 aromatic heterocycles. The van der Waals surface area contributed by atoms with Crippen molar-refractivity contribution in [2.75, 3.05) is 20.1 Å². The molecule has 1 amide bonds. The van der Waals surface area contributed by atoms with E-state index in [1.165, 1.54) is 12.8 Å². The van der Waals surface area contributed by atoms with Crippen molar-refractivity contribution in [3.8, 4) is 0 Å². The van der Waals surface area contributed by atoms with Crippen molar-refractivity contribution < 1.29 is 4.79 Å². The largest absolute Gasteiger partial charge is 0.352 e. The number of halogens is 2. The Bertz CT molecular complexity index is 510. The number of nitrogens with one attached hydrogen (secondary N) is 1. The summed E-state index contributed by atoms with van der Waals surface area (Å²) in [6.45, 7) is 3.54. The average molecular weight is 381 g/mol. The van der Waals surface area contributed by atoms with Gasteiger partial charge in [-0.3, -0.25) is 9.69 Å². The predicted molar refractivity (Wildman–Crippen MR) is 99.5 cm³/mol. The first kappa shape index (κ1) is 23.1. The molecule has 0 aliphatic heterocycles. The molecule has 1 aromatic rings. The number of aryl methyl sites for hydroxylation is 1. The molecule has 140 valence electrons. The van der Waals surface area contributed by atoms with Gasteiger partial charge in [0.1, 0.15) is 11.6 Å². The zero-order chi connectivity index (χ0) is 16.1. The molecular weight excluding hydrogens is 351 g/mol. The molecule has 3 N–H and O–H groups in total. The van der Waals surface area contributed by atoms with Gasteiger partial charge in [0.15, 0.2) is 0 Å². The minimum Gasteiger partial charge on any atom is -0.352 e. The van der Waals surface area contributed by atoms with Crippen molar-refractivity contribution in [2.24, 2.45) is 18.7 Å². The second-order valence-corrected chi connectivity index (χ2v) is 6.35. The molecule has 0 bridgehead atoms. The van der Waals surface area contributed by atoms with E-state index in [0.29, 0.717) is 25.6 Å². The maximum absolute atomic E-state index is 12.2. The third-order valence-corrected chi connectivity index (χ3v) is 4.57. The summed E-state index contributed by atoms with van der Waals surface area (Å²) < 4.78 is 1.94. The summed E-state index contributed by atoms with van der Waals surface area (Å²) >= 11 is 0. The normalized spacial score (nSPS) is 20.2. The Labute approximate surface area is 156 Å². The Hall–Kier alpha value is -0.890. The number of aromatic nitrogens is 3. The van der Waals surface area contributed by atoms with E-state index in [2.05, 4.69) is 15.5 Å². The van der Waals surface area contributed by atoms with Gasteiger partial charge in [-0.05, 0) is 39.3 Å². The molecule has 7 nitrogen and oxygen atoms in total. The lowest BCUT2D eigenvalue weighted by atomic mass is 9.84. The zero-order valence-electron chi connectivity index (χ0n) is 14.7. The number of nitrogens with zero attached hydrogens (tertiary/aromatic N) is 4. The highest BCUT2D eigenvalue weighted by Gasteiger charge is 2.25. The molecule has 2 unspecified atom stereocenters. The van der Waals surface area contributed by atoms with Crippen LogP contribution < -0.4 is 11.1 Å². The van der Waals surface area contributed by atoms with Gasteiger partial charge in [-0.15, -0.1) is 35.0 Å². The summed E-state index contributed by atoms with van der Waals surface area (Å²) in [6, 6.07) is 0.233. The lowest BCUT2D eigenvalue weighted by molar-refractivity contribution is -0.123. The van der Waals surface area contributed by atoms with Crippen molar-refractivity contribution in [1.29, 1.82) is 0 Å². The van der Waals surface area contributed by atoms with Crippen LogP contribution in [0.25, 0.3) is 0 Å². The minimum atomic E-state index is 0. The van der Waals surface area contributed by atoms with Crippen molar-refractivity contribution in [3.63, 3.8) is 0 Å². The van der Waals surface area contributed by atoms with Crippen molar-refractivity contribution >= 4 is 30.7 Å². The van der Waals surface area contributed by atoms with Gasteiger partial charge in [0.2, 0.25) is 5.91 Å². The van der Waals surface area contributed by atoms with E-state index in [-0.39, 0.29) is 36.8 Å². The molecule has 0 radical (unpaired) electrons. The van der Waals surface area contributed by atoms with Crippen LogP contribution in [-0.2, 0) is 18.4 Å². The first-order valence-corrected chi connectivity index (χ1v) is 8.04. The van der Waals surface area contributed by atoms with E-state index in [1.54, 1.807) is 0 Å². The molecule has 0 saturated heterocycles. The lowest BCUT2D eigenvalue weighted by Gasteiger charge is -2.31. The van der Waals surface area contributed by atoms with Crippen LogP contribution in [0.15, 0.2) is 0 Å². The van der Waals surface area contributed by atoms with E-state index in [0.717, 1.165) is 24.5 Å². The molecule has 2 rings (SSSR count). The third kappa shape index (κ3) is 6.20. The molecule has 1 heterocycles. The van der Waals surface area contributed by atoms with E-state index in [1.807, 2.05) is 30.5 Å². The molecule has 0 aromatic carbocycles. The van der Waals surface area contributed by atoms with Crippen LogP contribution in [0.4, 0.5) is 0 Å². The van der Waals surface area contributed by atoms with Gasteiger partial charge in [0.25, 0.3) is 0 Å². The number of hydrogen-bond donors (Lipinski definition) is 2. The lowest BCUT2D eigenvalue weighted by Crippen LogP contribution is -2.47. The Morgan fingerprint density at radius 2 is 2.00 bits per heavy atom. The molecule has 1 aliphatic carbocycles. The van der Waals surface area contributed by atoms with Crippen molar-refractivity contribution in [2.45, 2.75) is 45.2 Å². The summed E-state index contributed by atoms with van der Waals surface area (Å²) in [6.07, 6.45) is 4.56. The van der Waals surface area contributed by atoms with Gasteiger partial charge in [0.05, 0.1) is 13.1 Å². The molecule has 1 saturated carbocycles. The third-order valence-electron chi connectivity index (χ3n) is 4.57. The van der Waals surface area contributed by atoms with Crippen molar-refractivity contribution in [3.05, 3.63) is 11.6 Å². The molecular formula is C15H30Cl2N6O. The van der Waals surface area contributed by atoms with Gasteiger partial charge in [-0.2, -0.15) is 0 Å². The zero-order valence-corrected chi connectivity index (χ0v) is 16.3. The number of likely N-dealkylation sites (N-methyl/N-ethyl adjacent to an activating group) is 1. The first-order chi connectivity index (χ1) is 10.5. The summed E-state index contributed by atoms with van der Waals surface area (Å²) in [5.41, 5.74) is 5.81. The van der Waals surface area contributed by atoms with Crippen molar-refractivity contribution in [1.82, 2.24) is 25.0 Å². The maximum atomic E-state index is 12.2. The highest BCUT2D eigenvalue weighted by molar-refractivity contribution is 5.85. The number of amides is 1. The fraction of sp³-hybridized carbons (Fsp3) is 0.800. The molecule has 24 heavy (non-hydrogen) atoms. The van der Waals surface area contributed by atoms with Gasteiger partial charge >= 0.3 is 0 Å². The van der Waals surface area contributed by atoms with Crippen LogP contribution >= 0.6 is 24.8 Å². The average Bonchev–Trinajstić information content (AvgIpc) is 2.79. The van der Waals surface area contributed by atoms with E-state index in [4.69, 9.17) is 5.73 Å². The number of rotatable bonds is 6. The molecule has 1 fully saturated rings. The van der Waals surface area contributed by atoms with E-state index < -0.39 is 0 Å². The fourth-order valence-corrected chi connectivity index (χ4v) is 3.06. The highest BCUT2D eigenvalue weighted by Crippen LogP contribution is 2.23. The van der Waals surface area contributed by atoms with Crippen LogP contribution in [0.5, 0.6) is 0 Å². The van der Waals surface area contributed by atoms with E-state index in [9.17, 15) is 4.79 Å². The Morgan fingerprint density at radius 1 is 1.33 bits per heavy atom. The molecule has 0 spiro atoms. The van der Waals surface area contributed by atoms with Gasteiger partial charge < -0.3 is 15.6 Å². The summed E-state index contributed by atoms with van der Waals surface area (Å²) in [7, 11) is 3.86. The minimum absolute atomic E-state index is 0. The summed E-state index contributed by atoms with van der Waals surface area (Å²) in [5.74, 6) is 2.22. The predicted octanol–water partition coefficient (Wildman–Crippen LogP) is 1.03. The summed E-state index contributed by atoms with van der Waals surface area (Å²) in [5, 5.41) is 11.3. The Balaban J connectivity index is 0.00000264. The quantitative estimate of drug-likeness (QED) is 0.769. The monoisotopic (exact) mass is 380 g/mol. The smallest absolute Gasteiger partial charge is 0.234 e. The van der Waals surface area contributed by atoms with Gasteiger partial charge in [-0.25, -0.2) is 0 Å². The Morgan fingerprint density at radius 3 is 2.58 bits per heavy atom. The first-order valence-electron chi connectivity index (χ1n) is 8.04. The molecule has 9 heteroatoms. The topological polar surface area (TPSA) is 89.1 Å². The second kappa shape index (κ2) is 10.9. The molecule has 2 atom stereocenters. The maximum Gasteiger partial charge on any atom is 0.234 e. The highest BCUT2D eigenvalue weighted by atomic mass is 35.5. The van der Waals surface area contributed by atoms with Gasteiger partial charge in [-0.1, -0.05) is 12.8 Å². The van der Waals surface area contributed by atoms with Crippen LogP contribution in [0.1, 0.15) is 37.3 Å². The fourth-order valence-electron chi connectivity index (χ4n) is 3.06. The number of nitrogens with two attached hydrogens (primary N) is 1. The van der Waals surface area contributed by atoms with Crippen LogP contribution in [0.3, 0.4) is 0 Å². The summed E-state index contributed by atoms with van der Waals surface area (Å²) in [4.78, 5) is 14.2. The number of hydrogen-bond acceptors (Lipinski definition) is 5.